The van der Waals surface area contributed by atoms with Crippen LogP contribution < -0.4 is 0 Å². The Balaban J connectivity index is 1.40. The molecule has 0 aliphatic carbocycles. The molecule has 0 aromatic heterocycles. The number of hydrogen-bond acceptors (Lipinski definition) is 10. The lowest BCUT2D eigenvalue weighted by Crippen LogP contribution is -2.38. The Hall–Kier alpha value is -2.98. The van der Waals surface area contributed by atoms with Gasteiger partial charge in [0.2, 0.25) is 23.6 Å². The van der Waals surface area contributed by atoms with Crippen molar-refractivity contribution in [3.63, 3.8) is 0 Å². The normalized spacial score (nSPS) is 21.9. The number of rotatable bonds is 13. The monoisotopic (exact) mass is 610 g/mol. The van der Waals surface area contributed by atoms with E-state index in [9.17, 15) is 0 Å². The largest absolute Gasteiger partial charge is 0.480 e. The molecule has 8 nitrogen and oxygen atoms in total. The molecule has 0 unspecified atom stereocenters. The van der Waals surface area contributed by atoms with Crippen molar-refractivity contribution < 1.29 is 18.9 Å². The van der Waals surface area contributed by atoms with Crippen LogP contribution in [0.25, 0.3) is 0 Å². The fraction of sp³-hybridized carbons (Fsp3) is 0.500. The Kier molecular flexibility index (Phi) is 13.1. The van der Waals surface area contributed by atoms with Crippen molar-refractivity contribution in [1.82, 2.24) is 0 Å². The van der Waals surface area contributed by atoms with Crippen LogP contribution in [0.2, 0.25) is 0 Å². The Labute approximate surface area is 257 Å². The van der Waals surface area contributed by atoms with Crippen LogP contribution >= 0.6 is 21.6 Å². The van der Waals surface area contributed by atoms with E-state index < -0.39 is 0 Å². The molecular formula is C32H42N4O4S2. The minimum atomic E-state index is -0.208. The number of hydrogen-bond donors (Lipinski definition) is 0. The molecule has 0 saturated carbocycles. The van der Waals surface area contributed by atoms with Crippen LogP contribution in [0.4, 0.5) is 0 Å². The molecule has 2 aromatic rings. The van der Waals surface area contributed by atoms with Crippen molar-refractivity contribution in [1.29, 1.82) is 0 Å². The van der Waals surface area contributed by atoms with Crippen LogP contribution in [-0.4, -0.2) is 85.7 Å². The molecule has 0 spiro atoms. The molecule has 226 valence electrons. The molecule has 0 N–H and O–H groups in total. The van der Waals surface area contributed by atoms with E-state index in [1.165, 1.54) is 11.1 Å². The molecule has 4 atom stereocenters. The number of aliphatic imine (C=N–C) groups is 4. The summed E-state index contributed by atoms with van der Waals surface area (Å²) in [5.41, 5.74) is 2.38. The van der Waals surface area contributed by atoms with Crippen molar-refractivity contribution in [2.24, 2.45) is 20.0 Å². The van der Waals surface area contributed by atoms with Crippen molar-refractivity contribution in [3.8, 4) is 0 Å². The predicted octanol–water partition coefficient (Wildman–Crippen LogP) is 6.09. The summed E-state index contributed by atoms with van der Waals surface area (Å²) in [6.45, 7) is 10.1. The van der Waals surface area contributed by atoms with Gasteiger partial charge in [-0.2, -0.15) is 0 Å². The van der Waals surface area contributed by atoms with E-state index in [0.717, 1.165) is 12.8 Å². The lowest BCUT2D eigenvalue weighted by Gasteiger charge is -2.27. The third-order valence-corrected chi connectivity index (χ3v) is 8.91. The quantitative estimate of drug-likeness (QED) is 0.201. The molecule has 0 saturated heterocycles. The van der Waals surface area contributed by atoms with E-state index >= 15 is 0 Å². The minimum Gasteiger partial charge on any atom is -0.480 e. The van der Waals surface area contributed by atoms with Crippen LogP contribution in [0, 0.1) is 0 Å². The molecule has 2 heterocycles. The lowest BCUT2D eigenvalue weighted by atomic mass is 10.0. The van der Waals surface area contributed by atoms with Gasteiger partial charge in [-0.05, 0) is 38.8 Å². The van der Waals surface area contributed by atoms with Gasteiger partial charge in [0.15, 0.2) is 0 Å². The molecule has 2 aromatic carbocycles. The topological polar surface area (TPSA) is 86.4 Å². The summed E-state index contributed by atoms with van der Waals surface area (Å²) in [4.78, 5) is 19.9. The third kappa shape index (κ3) is 9.26. The second-order valence-corrected chi connectivity index (χ2v) is 12.2. The highest BCUT2D eigenvalue weighted by molar-refractivity contribution is 8.76. The van der Waals surface area contributed by atoms with Crippen molar-refractivity contribution in [3.05, 3.63) is 71.8 Å². The maximum atomic E-state index is 5.97. The van der Waals surface area contributed by atoms with E-state index in [4.69, 9.17) is 38.9 Å². The summed E-state index contributed by atoms with van der Waals surface area (Å²) in [6, 6.07) is 19.8. The van der Waals surface area contributed by atoms with Crippen LogP contribution in [0.15, 0.2) is 80.6 Å². The van der Waals surface area contributed by atoms with Gasteiger partial charge >= 0.3 is 0 Å². The standard InChI is InChI=1S/C32H42N4O4S2/c1-5-37-29-25(19-23-15-11-9-12-16-23)33-31(39-7-3)27(35-29)21-41-42-22-28-32(40-8-4)34-26(30(36-28)38-6-2)20-24-17-13-10-14-18-24/h9-18,25-28H,5-8,19-22H2,1-4H3/t25-,26-,27+,28+/m1/s1. The first-order chi connectivity index (χ1) is 20.6. The summed E-state index contributed by atoms with van der Waals surface area (Å²) in [5, 5.41) is 0. The molecule has 4 rings (SSSR count). The molecule has 10 heteroatoms. The fourth-order valence-corrected chi connectivity index (χ4v) is 6.92. The molecule has 42 heavy (non-hydrogen) atoms. The average molecular weight is 611 g/mol. The van der Waals surface area contributed by atoms with E-state index in [0.29, 0.717) is 61.5 Å². The molecule has 2 aliphatic heterocycles. The highest BCUT2D eigenvalue weighted by Gasteiger charge is 2.32. The zero-order chi connectivity index (χ0) is 29.6. The maximum absolute atomic E-state index is 5.97. The second-order valence-electron chi connectivity index (χ2n) is 9.61. The third-order valence-electron chi connectivity index (χ3n) is 6.52. The number of benzene rings is 2. The van der Waals surface area contributed by atoms with Gasteiger partial charge in [0.05, 0.1) is 26.4 Å². The van der Waals surface area contributed by atoms with Gasteiger partial charge in [-0.25, -0.2) is 20.0 Å². The summed E-state index contributed by atoms with van der Waals surface area (Å²) in [5.74, 6) is 4.09. The smallest absolute Gasteiger partial charge is 0.210 e. The van der Waals surface area contributed by atoms with Gasteiger partial charge in [-0.1, -0.05) is 82.3 Å². The Morgan fingerprint density at radius 1 is 0.476 bits per heavy atom. The first-order valence-corrected chi connectivity index (χ1v) is 17.3. The summed E-state index contributed by atoms with van der Waals surface area (Å²) in [7, 11) is 3.44. The van der Waals surface area contributed by atoms with Crippen LogP contribution in [0.3, 0.4) is 0 Å². The van der Waals surface area contributed by atoms with Gasteiger partial charge in [-0.3, -0.25) is 0 Å². The Morgan fingerprint density at radius 3 is 1.12 bits per heavy atom. The van der Waals surface area contributed by atoms with E-state index in [1.54, 1.807) is 21.6 Å². The minimum absolute atomic E-state index is 0.190. The first-order valence-electron chi connectivity index (χ1n) is 14.8. The van der Waals surface area contributed by atoms with Gasteiger partial charge < -0.3 is 18.9 Å². The number of ether oxygens (including phenoxy) is 4. The summed E-state index contributed by atoms with van der Waals surface area (Å²) >= 11 is 0. The van der Waals surface area contributed by atoms with Crippen molar-refractivity contribution >= 4 is 45.2 Å². The zero-order valence-corrected chi connectivity index (χ0v) is 26.6. The summed E-state index contributed by atoms with van der Waals surface area (Å²) < 4.78 is 23.9. The highest BCUT2D eigenvalue weighted by Crippen LogP contribution is 2.29. The Bertz CT molecular complexity index is 1130. The lowest BCUT2D eigenvalue weighted by molar-refractivity contribution is 0.286. The second kappa shape index (κ2) is 17.2. The van der Waals surface area contributed by atoms with E-state index in [1.807, 2.05) is 64.1 Å². The van der Waals surface area contributed by atoms with Crippen molar-refractivity contribution in [2.45, 2.75) is 64.7 Å². The summed E-state index contributed by atoms with van der Waals surface area (Å²) in [6.07, 6.45) is 1.44. The molecule has 0 fully saturated rings. The Morgan fingerprint density at radius 2 is 0.786 bits per heavy atom. The maximum Gasteiger partial charge on any atom is 0.210 e. The fourth-order valence-electron chi connectivity index (χ4n) is 4.69. The SMILES string of the molecule is CCOC1=N[C@H](Cc2ccccc2)C(OCC)=N[C@H]1CSSC[C@@H]1N=C(OCC)[C@@H](Cc2ccccc2)N=C1OCC. The van der Waals surface area contributed by atoms with Crippen molar-refractivity contribution in [2.75, 3.05) is 37.9 Å². The van der Waals surface area contributed by atoms with E-state index in [2.05, 4.69) is 24.3 Å². The molecule has 2 aliphatic rings. The molecule has 0 amide bonds. The van der Waals surface area contributed by atoms with E-state index in [-0.39, 0.29) is 24.2 Å². The van der Waals surface area contributed by atoms with Gasteiger partial charge in [0, 0.05) is 24.3 Å². The molecule has 0 radical (unpaired) electrons. The molecule has 0 bridgehead atoms. The predicted molar refractivity (Wildman–Crippen MR) is 177 cm³/mol. The van der Waals surface area contributed by atoms with Crippen LogP contribution in [0.5, 0.6) is 0 Å². The average Bonchev–Trinajstić information content (AvgIpc) is 3.00. The first kappa shape index (κ1) is 31.9. The van der Waals surface area contributed by atoms with Gasteiger partial charge in [0.1, 0.15) is 24.2 Å². The molecular weight excluding hydrogens is 569 g/mol. The number of nitrogens with zero attached hydrogens (tertiary/aromatic N) is 4. The van der Waals surface area contributed by atoms with Crippen LogP contribution in [0.1, 0.15) is 38.8 Å². The van der Waals surface area contributed by atoms with Crippen LogP contribution in [-0.2, 0) is 31.8 Å². The zero-order valence-electron chi connectivity index (χ0n) is 25.0. The highest BCUT2D eigenvalue weighted by atomic mass is 33.1. The van der Waals surface area contributed by atoms with Gasteiger partial charge in [0.25, 0.3) is 0 Å². The van der Waals surface area contributed by atoms with Gasteiger partial charge in [-0.15, -0.1) is 0 Å².